The zero-order valence-corrected chi connectivity index (χ0v) is 12.0. The molecule has 1 unspecified atom stereocenters. The molecule has 0 radical (unpaired) electrons. The van der Waals surface area contributed by atoms with Crippen LogP contribution in [0.1, 0.15) is 55.5 Å². The molecule has 0 spiro atoms. The van der Waals surface area contributed by atoms with Crippen molar-refractivity contribution in [1.29, 1.82) is 0 Å². The van der Waals surface area contributed by atoms with E-state index in [0.717, 1.165) is 19.3 Å². The molecule has 0 aliphatic carbocycles. The Hall–Kier alpha value is -1.92. The molecule has 112 valence electrons. The van der Waals surface area contributed by atoms with Gasteiger partial charge in [-0.15, -0.1) is 5.10 Å². The van der Waals surface area contributed by atoms with Gasteiger partial charge < -0.3 is 10.4 Å². The number of H-pyrrole nitrogens is 1. The summed E-state index contributed by atoms with van der Waals surface area (Å²) in [5, 5.41) is 17.9. The largest absolute Gasteiger partial charge is 0.481 e. The fourth-order valence-electron chi connectivity index (χ4n) is 2.08. The van der Waals surface area contributed by atoms with Crippen molar-refractivity contribution in [1.82, 2.24) is 20.5 Å². The third-order valence-corrected chi connectivity index (χ3v) is 3.10. The molecule has 0 aromatic carbocycles. The third-order valence-electron chi connectivity index (χ3n) is 3.10. The molecule has 1 atom stereocenters. The number of hydrogen-bond acceptors (Lipinski definition) is 4. The lowest BCUT2D eigenvalue weighted by atomic mass is 9.94. The van der Waals surface area contributed by atoms with Crippen LogP contribution in [0.25, 0.3) is 0 Å². The Bertz CT molecular complexity index is 445. The second-order valence-electron chi connectivity index (χ2n) is 4.88. The van der Waals surface area contributed by atoms with Crippen molar-refractivity contribution in [2.75, 3.05) is 6.54 Å². The van der Waals surface area contributed by atoms with Gasteiger partial charge in [0.15, 0.2) is 0 Å². The van der Waals surface area contributed by atoms with Gasteiger partial charge in [0.25, 0.3) is 5.91 Å². The first-order valence-corrected chi connectivity index (χ1v) is 6.92. The van der Waals surface area contributed by atoms with Gasteiger partial charge in [0.05, 0.1) is 0 Å². The average Bonchev–Trinajstić information content (AvgIpc) is 2.82. The van der Waals surface area contributed by atoms with Crippen LogP contribution in [0.15, 0.2) is 0 Å². The number of hydrogen-bond donors (Lipinski definition) is 3. The van der Waals surface area contributed by atoms with E-state index in [-0.39, 0.29) is 18.2 Å². The molecular weight excluding hydrogens is 260 g/mol. The Kier molecular flexibility index (Phi) is 6.69. The maximum atomic E-state index is 11.7. The lowest BCUT2D eigenvalue weighted by Crippen LogP contribution is -2.27. The van der Waals surface area contributed by atoms with Gasteiger partial charge in [0.1, 0.15) is 5.82 Å². The summed E-state index contributed by atoms with van der Waals surface area (Å²) in [5.41, 5.74) is 0. The van der Waals surface area contributed by atoms with Crippen LogP contribution < -0.4 is 5.32 Å². The number of aromatic nitrogens is 3. The number of rotatable bonds is 9. The normalized spacial score (nSPS) is 12.1. The van der Waals surface area contributed by atoms with Crippen molar-refractivity contribution >= 4 is 11.9 Å². The van der Waals surface area contributed by atoms with E-state index in [4.69, 9.17) is 5.11 Å². The molecule has 7 heteroatoms. The summed E-state index contributed by atoms with van der Waals surface area (Å²) in [4.78, 5) is 26.2. The summed E-state index contributed by atoms with van der Waals surface area (Å²) in [6, 6.07) is 0. The predicted octanol–water partition coefficient (Wildman–Crippen LogP) is 1.51. The monoisotopic (exact) mass is 282 g/mol. The highest BCUT2D eigenvalue weighted by molar-refractivity contribution is 5.90. The lowest BCUT2D eigenvalue weighted by Gasteiger charge is -2.14. The first kappa shape index (κ1) is 16.1. The summed E-state index contributed by atoms with van der Waals surface area (Å²) in [6.45, 7) is 4.31. The minimum absolute atomic E-state index is 0.139. The summed E-state index contributed by atoms with van der Waals surface area (Å²) in [5.74, 6) is -0.0139. The Morgan fingerprint density at radius 2 is 2.10 bits per heavy atom. The average molecular weight is 282 g/mol. The highest BCUT2D eigenvalue weighted by Gasteiger charge is 2.13. The molecule has 1 amide bonds. The van der Waals surface area contributed by atoms with E-state index < -0.39 is 5.97 Å². The molecule has 0 aliphatic rings. The molecule has 0 bridgehead atoms. The molecule has 1 aromatic heterocycles. The molecule has 1 aromatic rings. The van der Waals surface area contributed by atoms with E-state index in [2.05, 4.69) is 27.4 Å². The number of aryl methyl sites for hydroxylation is 1. The van der Waals surface area contributed by atoms with Crippen molar-refractivity contribution in [2.45, 2.75) is 46.0 Å². The second-order valence-corrected chi connectivity index (χ2v) is 4.88. The van der Waals surface area contributed by atoms with Gasteiger partial charge in [-0.05, 0) is 25.7 Å². The number of carbonyl (C=O) groups is 2. The van der Waals surface area contributed by atoms with Crippen LogP contribution in [0.4, 0.5) is 0 Å². The summed E-state index contributed by atoms with van der Waals surface area (Å²) < 4.78 is 0. The molecule has 1 rings (SSSR count). The van der Waals surface area contributed by atoms with Crippen LogP contribution in [0.5, 0.6) is 0 Å². The fourth-order valence-corrected chi connectivity index (χ4v) is 2.08. The Labute approximate surface area is 118 Å². The maximum Gasteiger partial charge on any atom is 0.303 e. The van der Waals surface area contributed by atoms with Gasteiger partial charge in [-0.1, -0.05) is 19.8 Å². The molecule has 0 saturated carbocycles. The van der Waals surface area contributed by atoms with Gasteiger partial charge >= 0.3 is 5.97 Å². The van der Waals surface area contributed by atoms with E-state index in [1.807, 2.05) is 0 Å². The third kappa shape index (κ3) is 5.81. The van der Waals surface area contributed by atoms with Gasteiger partial charge in [-0.25, -0.2) is 4.98 Å². The van der Waals surface area contributed by atoms with Crippen molar-refractivity contribution in [2.24, 2.45) is 5.92 Å². The summed E-state index contributed by atoms with van der Waals surface area (Å²) in [7, 11) is 0. The van der Waals surface area contributed by atoms with E-state index in [1.165, 1.54) is 0 Å². The summed E-state index contributed by atoms with van der Waals surface area (Å²) in [6.07, 6.45) is 3.59. The Morgan fingerprint density at radius 3 is 2.65 bits per heavy atom. The van der Waals surface area contributed by atoms with E-state index >= 15 is 0 Å². The molecule has 7 nitrogen and oxygen atoms in total. The zero-order valence-electron chi connectivity index (χ0n) is 12.0. The molecule has 1 heterocycles. The zero-order chi connectivity index (χ0) is 15.0. The standard InChI is InChI=1S/C13H22N4O3/c1-3-4-10(5-6-11(18)19)7-8-14-13(20)12-15-9(2)16-17-12/h10H,3-8H2,1-2H3,(H,14,20)(H,18,19)(H,15,16,17). The predicted molar refractivity (Wildman–Crippen MR) is 73.3 cm³/mol. The number of carbonyl (C=O) groups excluding carboxylic acids is 1. The number of carboxylic acids is 1. The number of aromatic amines is 1. The van der Waals surface area contributed by atoms with Gasteiger partial charge in [-0.2, -0.15) is 0 Å². The number of amides is 1. The van der Waals surface area contributed by atoms with Crippen LogP contribution in [-0.4, -0.2) is 38.7 Å². The number of carboxylic acid groups (broad SMARTS) is 1. The molecule has 3 N–H and O–H groups in total. The second kappa shape index (κ2) is 8.29. The highest BCUT2D eigenvalue weighted by atomic mass is 16.4. The van der Waals surface area contributed by atoms with E-state index in [1.54, 1.807) is 6.92 Å². The maximum absolute atomic E-state index is 11.7. The van der Waals surface area contributed by atoms with Gasteiger partial charge in [0, 0.05) is 13.0 Å². The van der Waals surface area contributed by atoms with Crippen molar-refractivity contribution in [3.8, 4) is 0 Å². The Balaban J connectivity index is 2.32. The van der Waals surface area contributed by atoms with E-state index in [9.17, 15) is 9.59 Å². The molecule has 0 fully saturated rings. The number of nitrogens with one attached hydrogen (secondary N) is 2. The SMILES string of the molecule is CCCC(CCNC(=O)c1n[nH]c(C)n1)CCC(=O)O. The molecule has 20 heavy (non-hydrogen) atoms. The van der Waals surface area contributed by atoms with E-state index in [0.29, 0.717) is 24.7 Å². The van der Waals surface area contributed by atoms with Crippen LogP contribution >= 0.6 is 0 Å². The minimum atomic E-state index is -0.772. The van der Waals surface area contributed by atoms with Crippen LogP contribution in [0.3, 0.4) is 0 Å². The van der Waals surface area contributed by atoms with Crippen LogP contribution in [0, 0.1) is 12.8 Å². The molecule has 0 aliphatic heterocycles. The van der Waals surface area contributed by atoms with Crippen LogP contribution in [0.2, 0.25) is 0 Å². The van der Waals surface area contributed by atoms with Crippen molar-refractivity contribution in [3.63, 3.8) is 0 Å². The first-order valence-electron chi connectivity index (χ1n) is 6.92. The number of nitrogens with zero attached hydrogens (tertiary/aromatic N) is 2. The van der Waals surface area contributed by atoms with Crippen LogP contribution in [-0.2, 0) is 4.79 Å². The van der Waals surface area contributed by atoms with Crippen molar-refractivity contribution < 1.29 is 14.7 Å². The Morgan fingerprint density at radius 1 is 1.35 bits per heavy atom. The highest BCUT2D eigenvalue weighted by Crippen LogP contribution is 2.17. The molecule has 0 saturated heterocycles. The lowest BCUT2D eigenvalue weighted by molar-refractivity contribution is -0.137. The van der Waals surface area contributed by atoms with Gasteiger partial charge in [-0.3, -0.25) is 14.7 Å². The summed E-state index contributed by atoms with van der Waals surface area (Å²) >= 11 is 0. The fraction of sp³-hybridized carbons (Fsp3) is 0.692. The number of aliphatic carboxylic acids is 1. The van der Waals surface area contributed by atoms with Crippen molar-refractivity contribution in [3.05, 3.63) is 11.6 Å². The first-order chi connectivity index (χ1) is 9.52. The quantitative estimate of drug-likeness (QED) is 0.636. The smallest absolute Gasteiger partial charge is 0.303 e. The van der Waals surface area contributed by atoms with Gasteiger partial charge in [0.2, 0.25) is 5.82 Å². The topological polar surface area (TPSA) is 108 Å². The molecular formula is C13H22N4O3. The minimum Gasteiger partial charge on any atom is -0.481 e.